The highest BCUT2D eigenvalue weighted by Crippen LogP contribution is 2.22. The van der Waals surface area contributed by atoms with Crippen LogP contribution in [0.1, 0.15) is 28.5 Å². The topological polar surface area (TPSA) is 114 Å². The molecule has 7 nitrogen and oxygen atoms in total. The van der Waals surface area contributed by atoms with Crippen molar-refractivity contribution in [3.05, 3.63) is 46.4 Å². The molecule has 1 amide bonds. The predicted molar refractivity (Wildman–Crippen MR) is 85.0 cm³/mol. The molecule has 0 aliphatic carbocycles. The second-order valence-electron chi connectivity index (χ2n) is 4.46. The molecule has 0 radical (unpaired) electrons. The van der Waals surface area contributed by atoms with Crippen LogP contribution in [0.5, 0.6) is 5.88 Å². The van der Waals surface area contributed by atoms with Crippen LogP contribution < -0.4 is 15.8 Å². The number of carbonyl (C=O) groups excluding carboxylic acids is 1. The molecule has 8 heteroatoms. The lowest BCUT2D eigenvalue weighted by molar-refractivity contribution is 0.0945. The van der Waals surface area contributed by atoms with Gasteiger partial charge in [-0.05, 0) is 19.1 Å². The number of carbonyl (C=O) groups is 1. The van der Waals surface area contributed by atoms with Crippen molar-refractivity contribution >= 4 is 23.2 Å². The average Bonchev–Trinajstić information content (AvgIpc) is 2.54. The van der Waals surface area contributed by atoms with Crippen LogP contribution in [-0.4, -0.2) is 22.5 Å². The summed E-state index contributed by atoms with van der Waals surface area (Å²) in [5.41, 5.74) is 6.76. The number of nitrogen functional groups attached to an aromatic ring is 1. The number of halogens is 1. The molecule has 23 heavy (non-hydrogen) atoms. The van der Waals surface area contributed by atoms with Gasteiger partial charge < -0.3 is 15.8 Å². The van der Waals surface area contributed by atoms with Gasteiger partial charge in [0.05, 0.1) is 12.3 Å². The normalized spacial score (nSPS) is 9.96. The van der Waals surface area contributed by atoms with Crippen molar-refractivity contribution in [2.24, 2.45) is 0 Å². The first kappa shape index (κ1) is 16.5. The third kappa shape index (κ3) is 3.87. The maximum Gasteiger partial charge on any atom is 0.270 e. The molecular formula is C15H14ClN5O2. The van der Waals surface area contributed by atoms with Crippen LogP contribution in [0.3, 0.4) is 0 Å². The fraction of sp³-hybridized carbons (Fsp3) is 0.200. The zero-order valence-electron chi connectivity index (χ0n) is 12.3. The minimum absolute atomic E-state index is 0.0413. The van der Waals surface area contributed by atoms with E-state index in [0.717, 1.165) is 0 Å². The van der Waals surface area contributed by atoms with E-state index in [1.54, 1.807) is 25.3 Å². The molecule has 0 aromatic carbocycles. The quantitative estimate of drug-likeness (QED) is 0.809. The van der Waals surface area contributed by atoms with E-state index in [0.29, 0.717) is 17.3 Å². The van der Waals surface area contributed by atoms with Gasteiger partial charge in [-0.1, -0.05) is 17.7 Å². The molecule has 0 atom stereocenters. The summed E-state index contributed by atoms with van der Waals surface area (Å²) in [4.78, 5) is 20.2. The summed E-state index contributed by atoms with van der Waals surface area (Å²) in [6.07, 6.45) is 1.56. The van der Waals surface area contributed by atoms with Crippen LogP contribution in [0, 0.1) is 11.3 Å². The summed E-state index contributed by atoms with van der Waals surface area (Å²) in [5, 5.41) is 12.1. The maximum atomic E-state index is 12.2. The van der Waals surface area contributed by atoms with E-state index in [-0.39, 0.29) is 29.4 Å². The average molecular weight is 332 g/mol. The molecule has 2 aromatic heterocycles. The Kier molecular flexibility index (Phi) is 5.33. The van der Waals surface area contributed by atoms with Gasteiger partial charge in [-0.25, -0.2) is 9.97 Å². The molecule has 2 heterocycles. The molecule has 0 aliphatic rings. The Hall–Kier alpha value is -2.85. The number of hydrogen-bond acceptors (Lipinski definition) is 6. The van der Waals surface area contributed by atoms with E-state index in [1.807, 2.05) is 6.07 Å². The molecule has 0 aliphatic heterocycles. The van der Waals surface area contributed by atoms with Crippen molar-refractivity contribution in [3.63, 3.8) is 0 Å². The summed E-state index contributed by atoms with van der Waals surface area (Å²) in [7, 11) is 0. The molecule has 0 fully saturated rings. The number of hydrogen-bond donors (Lipinski definition) is 2. The highest BCUT2D eigenvalue weighted by atomic mass is 35.5. The van der Waals surface area contributed by atoms with E-state index in [4.69, 9.17) is 27.3 Å². The second kappa shape index (κ2) is 7.42. The minimum Gasteiger partial charge on any atom is -0.477 e. The largest absolute Gasteiger partial charge is 0.477 e. The van der Waals surface area contributed by atoms with Crippen molar-refractivity contribution in [1.29, 1.82) is 5.26 Å². The molecule has 0 bridgehead atoms. The van der Waals surface area contributed by atoms with Gasteiger partial charge in [-0.15, -0.1) is 0 Å². The number of nitrogens with one attached hydrogen (secondary N) is 1. The standard InChI is InChI=1S/C15H14ClN5O2/c1-2-23-15-10(7-17)11(18)6-12(21-15)14(22)20-8-9-4-3-5-19-13(9)16/h3-6H,2,8H2,1H3,(H2,18,21)(H,20,22). The molecule has 0 unspecified atom stereocenters. The van der Waals surface area contributed by atoms with Crippen molar-refractivity contribution < 1.29 is 9.53 Å². The van der Waals surface area contributed by atoms with Crippen molar-refractivity contribution in [2.75, 3.05) is 12.3 Å². The first-order valence-electron chi connectivity index (χ1n) is 6.77. The maximum absolute atomic E-state index is 12.2. The summed E-state index contributed by atoms with van der Waals surface area (Å²) < 4.78 is 5.26. The molecule has 0 saturated heterocycles. The summed E-state index contributed by atoms with van der Waals surface area (Å²) in [5.74, 6) is -0.415. The number of nitrogens with zero attached hydrogens (tertiary/aromatic N) is 3. The van der Waals surface area contributed by atoms with E-state index < -0.39 is 5.91 Å². The van der Waals surface area contributed by atoms with Crippen LogP contribution in [-0.2, 0) is 6.54 Å². The first-order valence-corrected chi connectivity index (χ1v) is 7.15. The number of rotatable bonds is 5. The number of pyridine rings is 2. The Morgan fingerprint density at radius 2 is 2.35 bits per heavy atom. The van der Waals surface area contributed by atoms with Crippen molar-refractivity contribution in [3.8, 4) is 11.9 Å². The Labute approximate surface area is 138 Å². The highest BCUT2D eigenvalue weighted by molar-refractivity contribution is 6.30. The third-order valence-corrected chi connectivity index (χ3v) is 3.26. The molecular weight excluding hydrogens is 318 g/mol. The Morgan fingerprint density at radius 1 is 1.57 bits per heavy atom. The number of anilines is 1. The minimum atomic E-state index is -0.456. The Balaban J connectivity index is 2.19. The fourth-order valence-electron chi connectivity index (χ4n) is 1.83. The summed E-state index contributed by atoms with van der Waals surface area (Å²) in [6, 6.07) is 6.72. The molecule has 118 valence electrons. The SMILES string of the molecule is CCOc1nc(C(=O)NCc2cccnc2Cl)cc(N)c1C#N. The van der Waals surface area contributed by atoms with Crippen LogP contribution in [0.2, 0.25) is 5.15 Å². The van der Waals surface area contributed by atoms with E-state index >= 15 is 0 Å². The van der Waals surface area contributed by atoms with E-state index in [2.05, 4.69) is 15.3 Å². The molecule has 2 aromatic rings. The smallest absolute Gasteiger partial charge is 0.270 e. The van der Waals surface area contributed by atoms with Crippen LogP contribution in [0.15, 0.2) is 24.4 Å². The molecule has 0 saturated carbocycles. The molecule has 2 rings (SSSR count). The Morgan fingerprint density at radius 3 is 3.00 bits per heavy atom. The van der Waals surface area contributed by atoms with Crippen LogP contribution in [0.4, 0.5) is 5.69 Å². The van der Waals surface area contributed by atoms with E-state index in [9.17, 15) is 4.79 Å². The lowest BCUT2D eigenvalue weighted by atomic mass is 10.2. The number of ether oxygens (including phenoxy) is 1. The lowest BCUT2D eigenvalue weighted by Gasteiger charge is -2.10. The van der Waals surface area contributed by atoms with Gasteiger partial charge in [0, 0.05) is 18.3 Å². The van der Waals surface area contributed by atoms with Gasteiger partial charge in [0.1, 0.15) is 22.5 Å². The zero-order valence-corrected chi connectivity index (χ0v) is 13.1. The van der Waals surface area contributed by atoms with Crippen LogP contribution in [0.25, 0.3) is 0 Å². The highest BCUT2D eigenvalue weighted by Gasteiger charge is 2.16. The number of nitriles is 1. The van der Waals surface area contributed by atoms with Gasteiger partial charge in [0.15, 0.2) is 0 Å². The predicted octanol–water partition coefficient (Wildman–Crippen LogP) is 1.91. The monoisotopic (exact) mass is 331 g/mol. The lowest BCUT2D eigenvalue weighted by Crippen LogP contribution is -2.24. The van der Waals surface area contributed by atoms with Crippen molar-refractivity contribution in [1.82, 2.24) is 15.3 Å². The molecule has 3 N–H and O–H groups in total. The first-order chi connectivity index (χ1) is 11.1. The second-order valence-corrected chi connectivity index (χ2v) is 4.82. The van der Waals surface area contributed by atoms with Crippen LogP contribution >= 0.6 is 11.6 Å². The van der Waals surface area contributed by atoms with Gasteiger partial charge in [0.2, 0.25) is 5.88 Å². The summed E-state index contributed by atoms with van der Waals surface area (Å²) in [6.45, 7) is 2.24. The zero-order chi connectivity index (χ0) is 16.8. The van der Waals surface area contributed by atoms with Gasteiger partial charge in [-0.2, -0.15) is 5.26 Å². The van der Waals surface area contributed by atoms with Gasteiger partial charge in [-0.3, -0.25) is 4.79 Å². The number of aromatic nitrogens is 2. The van der Waals surface area contributed by atoms with Gasteiger partial charge >= 0.3 is 0 Å². The molecule has 0 spiro atoms. The third-order valence-electron chi connectivity index (χ3n) is 2.92. The summed E-state index contributed by atoms with van der Waals surface area (Å²) >= 11 is 5.93. The number of amides is 1. The Bertz CT molecular complexity index is 773. The van der Waals surface area contributed by atoms with Crippen molar-refractivity contribution in [2.45, 2.75) is 13.5 Å². The number of nitrogens with two attached hydrogens (primary N) is 1. The fourth-order valence-corrected chi connectivity index (χ4v) is 2.01. The van der Waals surface area contributed by atoms with E-state index in [1.165, 1.54) is 6.07 Å². The van der Waals surface area contributed by atoms with Gasteiger partial charge in [0.25, 0.3) is 5.91 Å².